The van der Waals surface area contributed by atoms with Crippen LogP contribution in [0.1, 0.15) is 25.3 Å². The number of hydrogen-bond donors (Lipinski definition) is 1. The molecule has 25 heavy (non-hydrogen) atoms. The molecule has 0 aromatic heterocycles. The SMILES string of the molecule is CC(=O)N(C)NC(=O)[C@@H]1CC[C@@H]2CN1C(=O)N2OCc1ccccc1. The van der Waals surface area contributed by atoms with E-state index >= 15 is 0 Å². The van der Waals surface area contributed by atoms with Gasteiger partial charge in [-0.05, 0) is 18.4 Å². The Bertz CT molecular complexity index is 666. The first-order valence-electron chi connectivity index (χ1n) is 8.29. The molecule has 1 N–H and O–H groups in total. The Morgan fingerprint density at radius 2 is 2.00 bits per heavy atom. The van der Waals surface area contributed by atoms with Crippen molar-refractivity contribution >= 4 is 17.8 Å². The van der Waals surface area contributed by atoms with Crippen LogP contribution < -0.4 is 5.43 Å². The Labute approximate surface area is 146 Å². The van der Waals surface area contributed by atoms with E-state index in [1.165, 1.54) is 23.9 Å². The van der Waals surface area contributed by atoms with Crippen LogP contribution in [0.3, 0.4) is 0 Å². The average molecular weight is 346 g/mol. The maximum atomic E-state index is 12.6. The van der Waals surface area contributed by atoms with Crippen LogP contribution in [0.5, 0.6) is 0 Å². The summed E-state index contributed by atoms with van der Waals surface area (Å²) in [5.74, 6) is -0.628. The van der Waals surface area contributed by atoms with Crippen molar-refractivity contribution in [1.29, 1.82) is 0 Å². The Morgan fingerprint density at radius 1 is 1.28 bits per heavy atom. The number of urea groups is 1. The summed E-state index contributed by atoms with van der Waals surface area (Å²) in [5.41, 5.74) is 3.49. The number of rotatable bonds is 4. The van der Waals surface area contributed by atoms with E-state index in [-0.39, 0.29) is 23.9 Å². The van der Waals surface area contributed by atoms with Gasteiger partial charge in [-0.25, -0.2) is 4.79 Å². The van der Waals surface area contributed by atoms with Gasteiger partial charge in [0.05, 0.1) is 6.04 Å². The van der Waals surface area contributed by atoms with Crippen molar-refractivity contribution in [1.82, 2.24) is 20.4 Å². The van der Waals surface area contributed by atoms with E-state index in [1.807, 2.05) is 30.3 Å². The van der Waals surface area contributed by atoms with Crippen LogP contribution in [-0.4, -0.2) is 58.5 Å². The van der Waals surface area contributed by atoms with Crippen molar-refractivity contribution in [3.05, 3.63) is 35.9 Å². The van der Waals surface area contributed by atoms with Gasteiger partial charge >= 0.3 is 6.03 Å². The number of piperidine rings is 1. The molecule has 1 aromatic rings. The van der Waals surface area contributed by atoms with Gasteiger partial charge in [-0.1, -0.05) is 30.3 Å². The molecule has 2 saturated heterocycles. The minimum Gasteiger partial charge on any atom is -0.309 e. The number of nitrogens with one attached hydrogen (secondary N) is 1. The first-order chi connectivity index (χ1) is 12.0. The van der Waals surface area contributed by atoms with Crippen LogP contribution in [0, 0.1) is 0 Å². The van der Waals surface area contributed by atoms with Crippen LogP contribution in [0.2, 0.25) is 0 Å². The molecule has 0 spiro atoms. The average Bonchev–Trinajstić information content (AvgIpc) is 2.84. The fraction of sp³-hybridized carbons (Fsp3) is 0.471. The number of nitrogens with zero attached hydrogens (tertiary/aromatic N) is 3. The molecule has 4 amide bonds. The lowest BCUT2D eigenvalue weighted by Gasteiger charge is -2.30. The first-order valence-corrected chi connectivity index (χ1v) is 8.29. The van der Waals surface area contributed by atoms with Crippen molar-refractivity contribution in [3.8, 4) is 0 Å². The highest BCUT2D eigenvalue weighted by Gasteiger charge is 2.48. The minimum atomic E-state index is -0.587. The zero-order valence-electron chi connectivity index (χ0n) is 14.3. The highest BCUT2D eigenvalue weighted by atomic mass is 16.7. The van der Waals surface area contributed by atoms with E-state index in [0.717, 1.165) is 10.6 Å². The van der Waals surface area contributed by atoms with Crippen LogP contribution in [0.25, 0.3) is 0 Å². The van der Waals surface area contributed by atoms with Gasteiger partial charge in [0.25, 0.3) is 5.91 Å². The number of hydroxylamine groups is 2. The van der Waals surface area contributed by atoms with Gasteiger partial charge in [-0.3, -0.25) is 24.9 Å². The number of carbonyl (C=O) groups excluding carboxylic acids is 3. The minimum absolute atomic E-state index is 0.0502. The molecule has 2 aliphatic rings. The van der Waals surface area contributed by atoms with E-state index in [2.05, 4.69) is 5.43 Å². The lowest BCUT2D eigenvalue weighted by molar-refractivity contribution is -0.141. The second-order valence-electron chi connectivity index (χ2n) is 6.32. The number of fused-ring (bicyclic) bond motifs is 2. The topological polar surface area (TPSA) is 82.2 Å². The molecule has 8 heteroatoms. The molecule has 0 radical (unpaired) electrons. The van der Waals surface area contributed by atoms with Crippen LogP contribution in [0.15, 0.2) is 30.3 Å². The van der Waals surface area contributed by atoms with Crippen molar-refractivity contribution in [3.63, 3.8) is 0 Å². The molecule has 0 saturated carbocycles. The molecular weight excluding hydrogens is 324 g/mol. The van der Waals surface area contributed by atoms with Gasteiger partial charge < -0.3 is 4.90 Å². The quantitative estimate of drug-likeness (QED) is 0.821. The standard InChI is InChI=1S/C17H22N4O4/c1-12(22)19(2)18-16(23)15-9-8-14-10-20(15)17(24)21(14)25-11-13-6-4-3-5-7-13/h3-7,14-15H,8-11H2,1-2H3,(H,18,23)/t14-,15+/m1/s1. The predicted octanol–water partition coefficient (Wildman–Crippen LogP) is 0.896. The van der Waals surface area contributed by atoms with E-state index in [9.17, 15) is 14.4 Å². The molecule has 0 unspecified atom stereocenters. The fourth-order valence-electron chi connectivity index (χ4n) is 3.11. The highest BCUT2D eigenvalue weighted by Crippen LogP contribution is 2.30. The predicted molar refractivity (Wildman–Crippen MR) is 88.6 cm³/mol. The Balaban J connectivity index is 1.62. The third kappa shape index (κ3) is 3.58. The molecule has 2 aliphatic heterocycles. The Morgan fingerprint density at radius 3 is 2.68 bits per heavy atom. The molecule has 134 valence electrons. The van der Waals surface area contributed by atoms with Gasteiger partial charge in [-0.2, -0.15) is 5.06 Å². The summed E-state index contributed by atoms with van der Waals surface area (Å²) in [7, 11) is 1.48. The highest BCUT2D eigenvalue weighted by molar-refractivity contribution is 5.89. The maximum Gasteiger partial charge on any atom is 0.345 e. The van der Waals surface area contributed by atoms with E-state index in [4.69, 9.17) is 4.84 Å². The van der Waals surface area contributed by atoms with Gasteiger partial charge in [0, 0.05) is 20.5 Å². The third-order valence-electron chi connectivity index (χ3n) is 4.59. The summed E-state index contributed by atoms with van der Waals surface area (Å²) in [4.78, 5) is 43.5. The summed E-state index contributed by atoms with van der Waals surface area (Å²) >= 11 is 0. The summed E-state index contributed by atoms with van der Waals surface area (Å²) in [6.07, 6.45) is 1.22. The Kier molecular flexibility index (Phi) is 4.89. The van der Waals surface area contributed by atoms with Crippen molar-refractivity contribution in [2.24, 2.45) is 0 Å². The lowest BCUT2D eigenvalue weighted by Crippen LogP contribution is -2.54. The lowest BCUT2D eigenvalue weighted by atomic mass is 10.0. The molecule has 1 aromatic carbocycles. The summed E-state index contributed by atoms with van der Waals surface area (Å²) < 4.78 is 0. The monoisotopic (exact) mass is 346 g/mol. The van der Waals surface area contributed by atoms with Crippen molar-refractivity contribution in [2.75, 3.05) is 13.6 Å². The van der Waals surface area contributed by atoms with Crippen LogP contribution in [0.4, 0.5) is 4.79 Å². The van der Waals surface area contributed by atoms with Gasteiger partial charge in [0.2, 0.25) is 5.91 Å². The van der Waals surface area contributed by atoms with E-state index < -0.39 is 6.04 Å². The summed E-state index contributed by atoms with van der Waals surface area (Å²) in [6.45, 7) is 2.12. The molecule has 2 heterocycles. The normalized spacial score (nSPS) is 22.1. The molecule has 2 atom stereocenters. The zero-order valence-corrected chi connectivity index (χ0v) is 14.3. The molecule has 0 aliphatic carbocycles. The number of amides is 4. The van der Waals surface area contributed by atoms with Crippen molar-refractivity contribution < 1.29 is 19.2 Å². The second-order valence-corrected chi connectivity index (χ2v) is 6.32. The number of hydrazine groups is 1. The van der Waals surface area contributed by atoms with Crippen LogP contribution in [-0.2, 0) is 21.0 Å². The van der Waals surface area contributed by atoms with E-state index in [1.54, 1.807) is 0 Å². The Hall–Kier alpha value is -2.61. The molecule has 2 fully saturated rings. The molecule has 8 nitrogen and oxygen atoms in total. The first kappa shape index (κ1) is 17.2. The van der Waals surface area contributed by atoms with E-state index in [0.29, 0.717) is 26.0 Å². The van der Waals surface area contributed by atoms with Gasteiger partial charge in [0.15, 0.2) is 0 Å². The van der Waals surface area contributed by atoms with Gasteiger partial charge in [-0.15, -0.1) is 0 Å². The largest absolute Gasteiger partial charge is 0.345 e. The number of hydrogen-bond acceptors (Lipinski definition) is 4. The number of carbonyl (C=O) groups is 3. The number of benzene rings is 1. The summed E-state index contributed by atoms with van der Waals surface area (Å²) in [6, 6.07) is 8.67. The van der Waals surface area contributed by atoms with Crippen LogP contribution >= 0.6 is 0 Å². The molecular formula is C17H22N4O4. The van der Waals surface area contributed by atoms with Gasteiger partial charge in [0.1, 0.15) is 12.6 Å². The zero-order chi connectivity index (χ0) is 18.0. The fourth-order valence-corrected chi connectivity index (χ4v) is 3.11. The third-order valence-corrected chi connectivity index (χ3v) is 4.59. The summed E-state index contributed by atoms with van der Waals surface area (Å²) in [5, 5.41) is 2.51. The molecule has 2 bridgehead atoms. The maximum absolute atomic E-state index is 12.6. The molecule has 3 rings (SSSR count). The second kappa shape index (κ2) is 7.10. The van der Waals surface area contributed by atoms with Crippen molar-refractivity contribution in [2.45, 2.75) is 38.5 Å². The smallest absolute Gasteiger partial charge is 0.309 e.